The number of halogens is 3. The number of aliphatic hydroxyl groups is 1. The predicted octanol–water partition coefficient (Wildman–Crippen LogP) is 1.93. The van der Waals surface area contributed by atoms with Crippen LogP contribution in [0.15, 0.2) is 18.2 Å². The Hall–Kier alpha value is -1.07. The van der Waals surface area contributed by atoms with Gasteiger partial charge in [-0.25, -0.2) is 0 Å². The predicted molar refractivity (Wildman–Crippen MR) is 52.9 cm³/mol. The summed E-state index contributed by atoms with van der Waals surface area (Å²) in [7, 11) is 0. The van der Waals surface area contributed by atoms with Crippen molar-refractivity contribution in [2.45, 2.75) is 25.2 Å². The molecule has 2 nitrogen and oxygen atoms in total. The number of alkyl halides is 3. The van der Waals surface area contributed by atoms with Crippen LogP contribution in [0.5, 0.6) is 0 Å². The lowest BCUT2D eigenvalue weighted by Gasteiger charge is -2.20. The summed E-state index contributed by atoms with van der Waals surface area (Å²) >= 11 is 0. The van der Waals surface area contributed by atoms with Crippen molar-refractivity contribution in [3.05, 3.63) is 34.9 Å². The number of nitrogens with one attached hydrogen (secondary N) is 1. The summed E-state index contributed by atoms with van der Waals surface area (Å²) < 4.78 is 36.9. The van der Waals surface area contributed by atoms with Crippen molar-refractivity contribution in [2.24, 2.45) is 0 Å². The molecule has 1 aromatic carbocycles. The largest absolute Gasteiger partial charge is 0.418 e. The molecule has 0 amide bonds. The zero-order valence-corrected chi connectivity index (χ0v) is 8.51. The Labute approximate surface area is 91.1 Å². The van der Waals surface area contributed by atoms with Crippen molar-refractivity contribution in [1.29, 1.82) is 0 Å². The molecule has 0 bridgehead atoms. The molecule has 0 saturated heterocycles. The average molecular weight is 231 g/mol. The molecule has 0 radical (unpaired) electrons. The van der Waals surface area contributed by atoms with Crippen LogP contribution in [0, 0.1) is 0 Å². The van der Waals surface area contributed by atoms with Gasteiger partial charge in [-0.05, 0) is 29.7 Å². The highest BCUT2D eigenvalue weighted by Gasteiger charge is 2.39. The van der Waals surface area contributed by atoms with E-state index in [1.54, 1.807) is 6.07 Å². The van der Waals surface area contributed by atoms with Crippen molar-refractivity contribution in [2.75, 3.05) is 6.54 Å². The van der Waals surface area contributed by atoms with Gasteiger partial charge in [0.15, 0.2) is 6.10 Å². The van der Waals surface area contributed by atoms with E-state index in [9.17, 15) is 13.2 Å². The van der Waals surface area contributed by atoms with Gasteiger partial charge in [-0.15, -0.1) is 0 Å². The molecule has 1 atom stereocenters. The number of benzene rings is 1. The van der Waals surface area contributed by atoms with E-state index in [1.807, 2.05) is 0 Å². The quantitative estimate of drug-likeness (QED) is 0.774. The summed E-state index contributed by atoms with van der Waals surface area (Å²) in [6.45, 7) is 1.40. The highest BCUT2D eigenvalue weighted by Crippen LogP contribution is 2.33. The van der Waals surface area contributed by atoms with Gasteiger partial charge in [0, 0.05) is 6.54 Å². The van der Waals surface area contributed by atoms with E-state index in [1.165, 1.54) is 12.1 Å². The van der Waals surface area contributed by atoms with Gasteiger partial charge < -0.3 is 10.4 Å². The maximum Gasteiger partial charge on any atom is 0.418 e. The highest BCUT2D eigenvalue weighted by atomic mass is 19.4. The van der Waals surface area contributed by atoms with Crippen LogP contribution in [0.1, 0.15) is 22.8 Å². The smallest absolute Gasteiger partial charge is 0.379 e. The minimum atomic E-state index is -4.60. The van der Waals surface area contributed by atoms with E-state index in [4.69, 9.17) is 5.11 Å². The summed E-state index contributed by atoms with van der Waals surface area (Å²) in [4.78, 5) is 0. The first kappa shape index (κ1) is 11.4. The van der Waals surface area contributed by atoms with Crippen molar-refractivity contribution < 1.29 is 18.3 Å². The lowest BCUT2D eigenvalue weighted by Crippen LogP contribution is -2.25. The minimum absolute atomic E-state index is 0.0880. The van der Waals surface area contributed by atoms with Crippen LogP contribution in [0.4, 0.5) is 13.2 Å². The average Bonchev–Trinajstić information content (AvgIpc) is 2.26. The molecule has 1 aliphatic heterocycles. The van der Waals surface area contributed by atoms with Gasteiger partial charge in [0.05, 0.1) is 0 Å². The molecule has 0 saturated carbocycles. The molecule has 88 valence electrons. The van der Waals surface area contributed by atoms with Crippen molar-refractivity contribution in [1.82, 2.24) is 5.32 Å². The summed E-state index contributed by atoms with van der Waals surface area (Å²) in [6, 6.07) is 4.45. The SMILES string of the molecule is OC(c1ccc2c(c1)CNCC2)C(F)(F)F. The fraction of sp³-hybridized carbons (Fsp3) is 0.455. The first-order valence-corrected chi connectivity index (χ1v) is 5.05. The van der Waals surface area contributed by atoms with Gasteiger partial charge in [-0.3, -0.25) is 0 Å². The van der Waals surface area contributed by atoms with Gasteiger partial charge in [-0.1, -0.05) is 18.2 Å². The van der Waals surface area contributed by atoms with E-state index < -0.39 is 12.3 Å². The standard InChI is InChI=1S/C11H12F3NO/c12-11(13,14)10(16)8-2-1-7-3-4-15-6-9(7)5-8/h1-2,5,10,15-16H,3-4,6H2. The number of hydrogen-bond donors (Lipinski definition) is 2. The van der Waals surface area contributed by atoms with Crippen LogP contribution < -0.4 is 5.32 Å². The fourth-order valence-corrected chi connectivity index (χ4v) is 1.86. The Kier molecular flexibility index (Phi) is 2.90. The molecule has 1 aromatic rings. The molecule has 16 heavy (non-hydrogen) atoms. The Balaban J connectivity index is 2.30. The van der Waals surface area contributed by atoms with Gasteiger partial charge in [0.2, 0.25) is 0 Å². The van der Waals surface area contributed by atoms with Crippen molar-refractivity contribution in [3.8, 4) is 0 Å². The molecule has 2 rings (SSSR count). The molecule has 0 aliphatic carbocycles. The van der Waals surface area contributed by atoms with Gasteiger partial charge >= 0.3 is 6.18 Å². The monoisotopic (exact) mass is 231 g/mol. The van der Waals surface area contributed by atoms with E-state index in [0.717, 1.165) is 24.1 Å². The summed E-state index contributed by atoms with van der Waals surface area (Å²) in [5.41, 5.74) is 1.80. The second-order valence-corrected chi connectivity index (χ2v) is 3.90. The first-order chi connectivity index (χ1) is 7.48. The molecular weight excluding hydrogens is 219 g/mol. The molecule has 5 heteroatoms. The molecule has 0 fully saturated rings. The van der Waals surface area contributed by atoms with E-state index >= 15 is 0 Å². The third-order valence-electron chi connectivity index (χ3n) is 2.74. The van der Waals surface area contributed by atoms with Gasteiger partial charge in [-0.2, -0.15) is 13.2 Å². The van der Waals surface area contributed by atoms with E-state index in [0.29, 0.717) is 6.54 Å². The Morgan fingerprint density at radius 3 is 2.69 bits per heavy atom. The molecular formula is C11H12F3NO. The van der Waals surface area contributed by atoms with E-state index in [-0.39, 0.29) is 5.56 Å². The van der Waals surface area contributed by atoms with Crippen molar-refractivity contribution in [3.63, 3.8) is 0 Å². The topological polar surface area (TPSA) is 32.3 Å². The molecule has 1 heterocycles. The zero-order chi connectivity index (χ0) is 11.8. The highest BCUT2D eigenvalue weighted by molar-refractivity contribution is 5.35. The molecule has 0 spiro atoms. The van der Waals surface area contributed by atoms with Crippen LogP contribution in [0.3, 0.4) is 0 Å². The van der Waals surface area contributed by atoms with Gasteiger partial charge in [0.1, 0.15) is 0 Å². The fourth-order valence-electron chi connectivity index (χ4n) is 1.86. The maximum atomic E-state index is 12.3. The molecule has 1 aliphatic rings. The number of fused-ring (bicyclic) bond motifs is 1. The van der Waals surface area contributed by atoms with Gasteiger partial charge in [0.25, 0.3) is 0 Å². The number of rotatable bonds is 1. The summed E-state index contributed by atoms with van der Waals surface area (Å²) in [6.07, 6.45) is -6.17. The van der Waals surface area contributed by atoms with Crippen LogP contribution in [-0.2, 0) is 13.0 Å². The maximum absolute atomic E-state index is 12.3. The first-order valence-electron chi connectivity index (χ1n) is 5.05. The summed E-state index contributed by atoms with van der Waals surface area (Å²) in [5, 5.41) is 12.2. The van der Waals surface area contributed by atoms with Crippen LogP contribution >= 0.6 is 0 Å². The van der Waals surface area contributed by atoms with Crippen LogP contribution in [0.25, 0.3) is 0 Å². The van der Waals surface area contributed by atoms with Crippen LogP contribution in [-0.4, -0.2) is 17.8 Å². The Morgan fingerprint density at radius 2 is 2.00 bits per heavy atom. The van der Waals surface area contributed by atoms with E-state index in [2.05, 4.69) is 5.32 Å². The minimum Gasteiger partial charge on any atom is -0.379 e. The normalized spacial score (nSPS) is 18.0. The lowest BCUT2D eigenvalue weighted by atomic mass is 9.96. The second-order valence-electron chi connectivity index (χ2n) is 3.90. The van der Waals surface area contributed by atoms with Crippen molar-refractivity contribution >= 4 is 0 Å². The zero-order valence-electron chi connectivity index (χ0n) is 8.51. The second kappa shape index (κ2) is 4.07. The van der Waals surface area contributed by atoms with Crippen LogP contribution in [0.2, 0.25) is 0 Å². The Bertz CT molecular complexity index is 389. The lowest BCUT2D eigenvalue weighted by molar-refractivity contribution is -0.206. The molecule has 1 unspecified atom stereocenters. The third kappa shape index (κ3) is 2.20. The molecule has 2 N–H and O–H groups in total. The Morgan fingerprint density at radius 1 is 1.25 bits per heavy atom. The summed E-state index contributed by atoms with van der Waals surface area (Å²) in [5.74, 6) is 0. The third-order valence-corrected chi connectivity index (χ3v) is 2.74. The molecule has 0 aromatic heterocycles. The number of hydrogen-bond acceptors (Lipinski definition) is 2. The number of aliphatic hydroxyl groups excluding tert-OH is 1.